The van der Waals surface area contributed by atoms with Crippen molar-refractivity contribution in [3.63, 3.8) is 0 Å². The van der Waals surface area contributed by atoms with Crippen molar-refractivity contribution in [1.29, 1.82) is 0 Å². The number of nitrogens with zero attached hydrogens (tertiary/aromatic N) is 3. The van der Waals surface area contributed by atoms with Gasteiger partial charge >= 0.3 is 5.97 Å². The summed E-state index contributed by atoms with van der Waals surface area (Å²) in [5, 5.41) is 0.512. The normalized spacial score (nSPS) is 13.8. The lowest BCUT2D eigenvalue weighted by Gasteiger charge is -2.08. The molecule has 1 saturated carbocycles. The fourth-order valence-corrected chi connectivity index (χ4v) is 3.33. The molecule has 0 N–H and O–H groups in total. The molecule has 0 bridgehead atoms. The zero-order valence-electron chi connectivity index (χ0n) is 14.2. The van der Waals surface area contributed by atoms with E-state index in [1.807, 2.05) is 19.9 Å². The van der Waals surface area contributed by atoms with Gasteiger partial charge in [0.05, 0.1) is 11.2 Å². The summed E-state index contributed by atoms with van der Waals surface area (Å²) in [7, 11) is 0. The summed E-state index contributed by atoms with van der Waals surface area (Å²) >= 11 is 7.24. The number of aromatic nitrogens is 3. The smallest absolute Gasteiger partial charge is 0.359 e. The standard InChI is InChI=1S/C17H18ClN3O3S/c1-9-6-12(10(2)21(9)11-4-5-11)14(22)8-24-16(23)15-13(18)7-19-17(20-15)25-3/h6-7,11H,4-5,8H2,1-3H3. The third-order valence-corrected chi connectivity index (χ3v) is 4.97. The minimum absolute atomic E-state index is 0.0303. The summed E-state index contributed by atoms with van der Waals surface area (Å²) in [6, 6.07) is 2.35. The molecule has 0 spiro atoms. The van der Waals surface area contributed by atoms with E-state index in [0.717, 1.165) is 24.2 Å². The summed E-state index contributed by atoms with van der Waals surface area (Å²) in [5.41, 5.74) is 2.54. The molecule has 1 aliphatic carbocycles. The molecule has 8 heteroatoms. The van der Waals surface area contributed by atoms with Crippen LogP contribution in [0.3, 0.4) is 0 Å². The molecular weight excluding hydrogens is 362 g/mol. The molecule has 3 rings (SSSR count). The largest absolute Gasteiger partial charge is 0.453 e. The second-order valence-corrected chi connectivity index (χ2v) is 7.12. The Morgan fingerprint density at radius 2 is 2.12 bits per heavy atom. The number of Topliss-reactive ketones (excluding diaryl/α,β-unsaturated/α-hetero) is 1. The van der Waals surface area contributed by atoms with E-state index in [-0.39, 0.29) is 23.1 Å². The van der Waals surface area contributed by atoms with Gasteiger partial charge in [0.2, 0.25) is 5.78 Å². The maximum atomic E-state index is 12.5. The van der Waals surface area contributed by atoms with Gasteiger partial charge in [0.25, 0.3) is 0 Å². The van der Waals surface area contributed by atoms with E-state index in [2.05, 4.69) is 14.5 Å². The Labute approximate surface area is 154 Å². The Morgan fingerprint density at radius 1 is 1.40 bits per heavy atom. The van der Waals surface area contributed by atoms with Crippen LogP contribution in [-0.2, 0) is 4.74 Å². The lowest BCUT2D eigenvalue weighted by molar-refractivity contribution is 0.0468. The average molecular weight is 380 g/mol. The summed E-state index contributed by atoms with van der Waals surface area (Å²) in [6.07, 6.45) is 5.42. The van der Waals surface area contributed by atoms with Gasteiger partial charge in [-0.2, -0.15) is 0 Å². The lowest BCUT2D eigenvalue weighted by atomic mass is 10.1. The Balaban J connectivity index is 1.70. The van der Waals surface area contributed by atoms with E-state index in [9.17, 15) is 9.59 Å². The number of ketones is 1. The van der Waals surface area contributed by atoms with E-state index in [1.54, 1.807) is 6.26 Å². The van der Waals surface area contributed by atoms with Gasteiger partial charge in [0, 0.05) is 23.0 Å². The average Bonchev–Trinajstić information content (AvgIpc) is 3.38. The molecule has 1 aliphatic rings. The van der Waals surface area contributed by atoms with Gasteiger partial charge in [-0.25, -0.2) is 14.8 Å². The highest BCUT2D eigenvalue weighted by molar-refractivity contribution is 7.98. The van der Waals surface area contributed by atoms with E-state index in [1.165, 1.54) is 18.0 Å². The van der Waals surface area contributed by atoms with Gasteiger partial charge in [-0.15, -0.1) is 0 Å². The Bertz CT molecular complexity index is 846. The number of esters is 1. The van der Waals surface area contributed by atoms with Gasteiger partial charge in [-0.3, -0.25) is 4.79 Å². The molecule has 6 nitrogen and oxygen atoms in total. The number of hydrogen-bond donors (Lipinski definition) is 0. The summed E-state index contributed by atoms with van der Waals surface area (Å²) < 4.78 is 7.30. The molecule has 1 fully saturated rings. The number of aryl methyl sites for hydroxylation is 1. The monoisotopic (exact) mass is 379 g/mol. The molecule has 2 aromatic heterocycles. The first kappa shape index (κ1) is 17.9. The molecule has 0 saturated heterocycles. The number of ether oxygens (including phenoxy) is 1. The Kier molecular flexibility index (Phi) is 5.15. The highest BCUT2D eigenvalue weighted by Gasteiger charge is 2.28. The minimum atomic E-state index is -0.730. The fraction of sp³-hybridized carbons (Fsp3) is 0.412. The second-order valence-electron chi connectivity index (χ2n) is 5.94. The summed E-state index contributed by atoms with van der Waals surface area (Å²) in [6.45, 7) is 3.56. The van der Waals surface area contributed by atoms with E-state index < -0.39 is 5.97 Å². The molecular formula is C17H18ClN3O3S. The third-order valence-electron chi connectivity index (χ3n) is 4.13. The van der Waals surface area contributed by atoms with Gasteiger partial charge < -0.3 is 9.30 Å². The first-order chi connectivity index (χ1) is 11.9. The predicted octanol–water partition coefficient (Wildman–Crippen LogP) is 3.64. The number of thioether (sulfide) groups is 1. The van der Waals surface area contributed by atoms with Crippen molar-refractivity contribution in [1.82, 2.24) is 14.5 Å². The zero-order valence-corrected chi connectivity index (χ0v) is 15.8. The number of carbonyl (C=O) groups excluding carboxylic acids is 2. The van der Waals surface area contributed by atoms with Crippen molar-refractivity contribution in [3.05, 3.63) is 39.9 Å². The number of halogens is 1. The molecule has 0 aliphatic heterocycles. The van der Waals surface area contributed by atoms with Crippen LogP contribution in [0.1, 0.15) is 51.1 Å². The Hall–Kier alpha value is -1.86. The molecule has 0 unspecified atom stereocenters. The predicted molar refractivity (Wildman–Crippen MR) is 95.6 cm³/mol. The number of hydrogen-bond acceptors (Lipinski definition) is 6. The maximum Gasteiger partial charge on any atom is 0.359 e. The van der Waals surface area contributed by atoms with Crippen molar-refractivity contribution in [2.45, 2.75) is 37.9 Å². The summed E-state index contributed by atoms with van der Waals surface area (Å²) in [5.74, 6) is -0.962. The van der Waals surface area contributed by atoms with Gasteiger partial charge in [-0.05, 0) is 39.0 Å². The van der Waals surface area contributed by atoms with Crippen LogP contribution in [-0.4, -0.2) is 39.2 Å². The number of carbonyl (C=O) groups is 2. The van der Waals surface area contributed by atoms with E-state index in [4.69, 9.17) is 16.3 Å². The van der Waals surface area contributed by atoms with Gasteiger partial charge in [0.1, 0.15) is 0 Å². The van der Waals surface area contributed by atoms with Crippen molar-refractivity contribution < 1.29 is 14.3 Å². The van der Waals surface area contributed by atoms with Crippen LogP contribution >= 0.6 is 23.4 Å². The molecule has 0 radical (unpaired) electrons. The highest BCUT2D eigenvalue weighted by Crippen LogP contribution is 2.38. The fourth-order valence-electron chi connectivity index (χ4n) is 2.82. The number of rotatable bonds is 6. The SMILES string of the molecule is CSc1ncc(Cl)c(C(=O)OCC(=O)c2cc(C)n(C3CC3)c2C)n1. The van der Waals surface area contributed by atoms with Gasteiger partial charge in [-0.1, -0.05) is 23.4 Å². The van der Waals surface area contributed by atoms with Crippen LogP contribution in [0.2, 0.25) is 5.02 Å². The first-order valence-electron chi connectivity index (χ1n) is 7.87. The van der Waals surface area contributed by atoms with Crippen molar-refractivity contribution in [3.8, 4) is 0 Å². The van der Waals surface area contributed by atoms with Crippen molar-refractivity contribution in [2.75, 3.05) is 12.9 Å². The van der Waals surface area contributed by atoms with Crippen LogP contribution in [0.15, 0.2) is 17.4 Å². The molecule has 0 amide bonds. The van der Waals surface area contributed by atoms with E-state index in [0.29, 0.717) is 16.8 Å². The van der Waals surface area contributed by atoms with E-state index >= 15 is 0 Å². The molecule has 25 heavy (non-hydrogen) atoms. The van der Waals surface area contributed by atoms with Crippen LogP contribution in [0.4, 0.5) is 0 Å². The molecule has 0 aromatic carbocycles. The second kappa shape index (κ2) is 7.17. The highest BCUT2D eigenvalue weighted by atomic mass is 35.5. The molecule has 132 valence electrons. The van der Waals surface area contributed by atoms with Crippen LogP contribution in [0.25, 0.3) is 0 Å². The third kappa shape index (κ3) is 3.72. The van der Waals surface area contributed by atoms with Crippen molar-refractivity contribution in [2.24, 2.45) is 0 Å². The molecule has 2 heterocycles. The minimum Gasteiger partial charge on any atom is -0.453 e. The zero-order chi connectivity index (χ0) is 18.1. The molecule has 2 aromatic rings. The van der Waals surface area contributed by atoms with Crippen molar-refractivity contribution >= 4 is 35.1 Å². The summed E-state index contributed by atoms with van der Waals surface area (Å²) in [4.78, 5) is 32.6. The Morgan fingerprint density at radius 3 is 2.76 bits per heavy atom. The quantitative estimate of drug-likeness (QED) is 0.330. The first-order valence-corrected chi connectivity index (χ1v) is 9.48. The van der Waals surface area contributed by atoms with Crippen LogP contribution < -0.4 is 0 Å². The van der Waals surface area contributed by atoms with Crippen LogP contribution in [0.5, 0.6) is 0 Å². The lowest BCUT2D eigenvalue weighted by Crippen LogP contribution is -2.16. The maximum absolute atomic E-state index is 12.5. The molecule has 0 atom stereocenters. The van der Waals surface area contributed by atoms with Crippen LogP contribution in [0, 0.1) is 13.8 Å². The van der Waals surface area contributed by atoms with Gasteiger partial charge in [0.15, 0.2) is 17.5 Å². The topological polar surface area (TPSA) is 74.1 Å².